The maximum Gasteiger partial charge on any atom is 0.250 e. The first-order valence-electron chi connectivity index (χ1n) is 8.82. The lowest BCUT2D eigenvalue weighted by Gasteiger charge is -2.10. The molecule has 0 saturated carbocycles. The Morgan fingerprint density at radius 1 is 1.03 bits per heavy atom. The number of thiocarbonyl (C=S) groups is 1. The Balaban J connectivity index is 1.65. The van der Waals surface area contributed by atoms with Crippen LogP contribution in [0.5, 0.6) is 0 Å². The average molecular weight is 414 g/mol. The Morgan fingerprint density at radius 2 is 1.79 bits per heavy atom. The number of carbonyl (C=O) groups is 3. The smallest absolute Gasteiger partial charge is 0.250 e. The Hall–Kier alpha value is -3.46. The minimum atomic E-state index is -0.485. The molecule has 0 aliphatic heterocycles. The summed E-state index contributed by atoms with van der Waals surface area (Å²) in [6.07, 6.45) is 4.17. The van der Waals surface area contributed by atoms with E-state index in [2.05, 4.69) is 21.5 Å². The van der Waals surface area contributed by atoms with Gasteiger partial charge < -0.3 is 9.73 Å². The molecule has 0 unspecified atom stereocenters. The molecule has 1 aromatic carbocycles. The standard InChI is InChI=1S/C20H22N4O4S/c1-13-5-6-15(12-14(13)2)21-17(25)9-10-19(27)23-24-20(29)22-18(26)8-7-16-4-3-11-28-16/h3-8,11-12H,9-10H2,1-2H3,(H,21,25)(H,23,27)(H2,22,24,26,29). The maximum atomic E-state index is 12.0. The number of anilines is 1. The fourth-order valence-electron chi connectivity index (χ4n) is 2.19. The van der Waals surface area contributed by atoms with Gasteiger partial charge in [-0.2, -0.15) is 0 Å². The fraction of sp³-hybridized carbons (Fsp3) is 0.200. The molecule has 1 aromatic heterocycles. The van der Waals surface area contributed by atoms with E-state index in [0.717, 1.165) is 11.1 Å². The van der Waals surface area contributed by atoms with Gasteiger partial charge in [-0.05, 0) is 67.5 Å². The van der Waals surface area contributed by atoms with Gasteiger partial charge in [-0.25, -0.2) is 0 Å². The largest absolute Gasteiger partial charge is 0.465 e. The molecule has 0 aliphatic carbocycles. The summed E-state index contributed by atoms with van der Waals surface area (Å²) in [7, 11) is 0. The summed E-state index contributed by atoms with van der Waals surface area (Å²) in [4.78, 5) is 35.5. The number of furan rings is 1. The number of hydrazine groups is 1. The summed E-state index contributed by atoms with van der Waals surface area (Å²) < 4.78 is 5.06. The summed E-state index contributed by atoms with van der Waals surface area (Å²) in [6.45, 7) is 3.94. The third-order valence-corrected chi connectivity index (χ3v) is 4.07. The molecule has 0 spiro atoms. The van der Waals surface area contributed by atoms with Crippen LogP contribution in [0.2, 0.25) is 0 Å². The zero-order valence-corrected chi connectivity index (χ0v) is 16.9. The second-order valence-electron chi connectivity index (χ2n) is 6.19. The molecule has 0 bridgehead atoms. The van der Waals surface area contributed by atoms with E-state index in [1.54, 1.807) is 12.1 Å². The first-order valence-corrected chi connectivity index (χ1v) is 9.23. The Morgan fingerprint density at radius 3 is 2.48 bits per heavy atom. The Bertz CT molecular complexity index is 923. The molecule has 1 heterocycles. The number of hydrogen-bond donors (Lipinski definition) is 4. The Kier molecular flexibility index (Phi) is 8.11. The van der Waals surface area contributed by atoms with Gasteiger partial charge in [-0.1, -0.05) is 6.07 Å². The van der Waals surface area contributed by atoms with Crippen LogP contribution in [0.4, 0.5) is 5.69 Å². The van der Waals surface area contributed by atoms with Crippen molar-refractivity contribution in [2.45, 2.75) is 26.7 Å². The molecule has 29 heavy (non-hydrogen) atoms. The average Bonchev–Trinajstić information content (AvgIpc) is 3.20. The van der Waals surface area contributed by atoms with Crippen LogP contribution in [-0.2, 0) is 14.4 Å². The predicted molar refractivity (Wildman–Crippen MR) is 114 cm³/mol. The zero-order valence-electron chi connectivity index (χ0n) is 16.1. The van der Waals surface area contributed by atoms with Crippen LogP contribution in [0.1, 0.15) is 29.7 Å². The third kappa shape index (κ3) is 7.97. The number of rotatable bonds is 6. The second kappa shape index (κ2) is 10.8. The van der Waals surface area contributed by atoms with Crippen LogP contribution >= 0.6 is 12.2 Å². The van der Waals surface area contributed by atoms with E-state index < -0.39 is 11.8 Å². The van der Waals surface area contributed by atoms with Gasteiger partial charge in [-0.15, -0.1) is 0 Å². The van der Waals surface area contributed by atoms with E-state index in [-0.39, 0.29) is 23.9 Å². The first-order chi connectivity index (χ1) is 13.8. The molecule has 0 radical (unpaired) electrons. The molecular weight excluding hydrogens is 392 g/mol. The SMILES string of the molecule is Cc1ccc(NC(=O)CCC(=O)NNC(=S)NC(=O)C=Cc2ccco2)cc1C. The van der Waals surface area contributed by atoms with Gasteiger partial charge in [0.15, 0.2) is 5.11 Å². The lowest BCUT2D eigenvalue weighted by Crippen LogP contribution is -2.48. The zero-order chi connectivity index (χ0) is 21.2. The topological polar surface area (TPSA) is 112 Å². The summed E-state index contributed by atoms with van der Waals surface area (Å²) in [6, 6.07) is 8.98. The van der Waals surface area contributed by atoms with Crippen molar-refractivity contribution in [1.29, 1.82) is 0 Å². The molecular formula is C20H22N4O4S. The third-order valence-electron chi connectivity index (χ3n) is 3.86. The van der Waals surface area contributed by atoms with Gasteiger partial charge in [0, 0.05) is 24.6 Å². The van der Waals surface area contributed by atoms with E-state index in [0.29, 0.717) is 11.4 Å². The molecule has 152 valence electrons. The van der Waals surface area contributed by atoms with Crippen LogP contribution < -0.4 is 21.5 Å². The van der Waals surface area contributed by atoms with Crippen LogP contribution in [0.15, 0.2) is 47.1 Å². The van der Waals surface area contributed by atoms with E-state index in [1.165, 1.54) is 18.4 Å². The second-order valence-corrected chi connectivity index (χ2v) is 6.60. The molecule has 8 nitrogen and oxygen atoms in total. The van der Waals surface area contributed by atoms with Gasteiger partial charge in [0.25, 0.3) is 0 Å². The molecule has 9 heteroatoms. The number of nitrogens with one attached hydrogen (secondary N) is 4. The van der Waals surface area contributed by atoms with E-state index in [4.69, 9.17) is 16.6 Å². The monoisotopic (exact) mass is 414 g/mol. The van der Waals surface area contributed by atoms with Gasteiger partial charge in [0.2, 0.25) is 17.7 Å². The van der Waals surface area contributed by atoms with Crippen molar-refractivity contribution in [1.82, 2.24) is 16.2 Å². The van der Waals surface area contributed by atoms with Crippen molar-refractivity contribution in [3.63, 3.8) is 0 Å². The number of carbonyl (C=O) groups excluding carboxylic acids is 3. The summed E-state index contributed by atoms with van der Waals surface area (Å²) in [5, 5.41) is 5.03. The summed E-state index contributed by atoms with van der Waals surface area (Å²) in [5.41, 5.74) is 7.61. The van der Waals surface area contributed by atoms with Gasteiger partial charge in [0.05, 0.1) is 6.26 Å². The van der Waals surface area contributed by atoms with Gasteiger partial charge in [0.1, 0.15) is 5.76 Å². The van der Waals surface area contributed by atoms with Crippen LogP contribution in [0.3, 0.4) is 0 Å². The van der Waals surface area contributed by atoms with Gasteiger partial charge >= 0.3 is 0 Å². The van der Waals surface area contributed by atoms with Crippen LogP contribution in [-0.4, -0.2) is 22.8 Å². The summed E-state index contributed by atoms with van der Waals surface area (Å²) >= 11 is 4.91. The van der Waals surface area contributed by atoms with E-state index >= 15 is 0 Å². The van der Waals surface area contributed by atoms with Crippen molar-refractivity contribution in [3.8, 4) is 0 Å². The van der Waals surface area contributed by atoms with E-state index in [9.17, 15) is 14.4 Å². The molecule has 0 fully saturated rings. The fourth-order valence-corrected chi connectivity index (χ4v) is 2.34. The van der Waals surface area contributed by atoms with Crippen LogP contribution in [0, 0.1) is 13.8 Å². The van der Waals surface area contributed by atoms with Crippen molar-refractivity contribution in [3.05, 3.63) is 59.6 Å². The Labute approximate surface area is 173 Å². The molecule has 3 amide bonds. The highest BCUT2D eigenvalue weighted by Gasteiger charge is 2.09. The van der Waals surface area contributed by atoms with Crippen molar-refractivity contribution < 1.29 is 18.8 Å². The van der Waals surface area contributed by atoms with Crippen LogP contribution in [0.25, 0.3) is 6.08 Å². The highest BCUT2D eigenvalue weighted by Crippen LogP contribution is 2.14. The highest BCUT2D eigenvalue weighted by atomic mass is 32.1. The molecule has 2 aromatic rings. The first kappa shape index (κ1) is 21.8. The minimum absolute atomic E-state index is 0.00540. The minimum Gasteiger partial charge on any atom is -0.465 e. The predicted octanol–water partition coefficient (Wildman–Crippen LogP) is 2.35. The number of aryl methyl sites for hydroxylation is 2. The molecule has 4 N–H and O–H groups in total. The van der Waals surface area contributed by atoms with E-state index in [1.807, 2.05) is 32.0 Å². The molecule has 2 rings (SSSR count). The lowest BCUT2D eigenvalue weighted by atomic mass is 10.1. The quantitative estimate of drug-likeness (QED) is 0.328. The molecule has 0 atom stereocenters. The number of benzene rings is 1. The normalized spacial score (nSPS) is 10.4. The van der Waals surface area contributed by atoms with Crippen molar-refractivity contribution in [2.75, 3.05) is 5.32 Å². The molecule has 0 saturated heterocycles. The van der Waals surface area contributed by atoms with Gasteiger partial charge in [-0.3, -0.25) is 30.6 Å². The number of amides is 3. The van der Waals surface area contributed by atoms with Crippen molar-refractivity contribution >= 4 is 46.8 Å². The molecule has 0 aliphatic rings. The lowest BCUT2D eigenvalue weighted by molar-refractivity contribution is -0.124. The maximum absolute atomic E-state index is 12.0. The summed E-state index contributed by atoms with van der Waals surface area (Å²) in [5.74, 6) is -0.683. The van der Waals surface area contributed by atoms with Crippen molar-refractivity contribution in [2.24, 2.45) is 0 Å². The number of hydrogen-bond acceptors (Lipinski definition) is 5. The highest BCUT2D eigenvalue weighted by molar-refractivity contribution is 7.80.